The van der Waals surface area contributed by atoms with Gasteiger partial charge < -0.3 is 10.6 Å². The fourth-order valence-electron chi connectivity index (χ4n) is 2.89. The smallest absolute Gasteiger partial charge is 0.131 e. The van der Waals surface area contributed by atoms with Crippen LogP contribution in [0.15, 0.2) is 12.3 Å². The molecule has 0 amide bonds. The number of piperazine rings is 1. The van der Waals surface area contributed by atoms with E-state index >= 15 is 0 Å². The Bertz CT molecular complexity index is 424. The van der Waals surface area contributed by atoms with Crippen LogP contribution in [0.3, 0.4) is 0 Å². The minimum atomic E-state index is 0.689. The lowest BCUT2D eigenvalue weighted by atomic mass is 10.1. The fourth-order valence-corrected chi connectivity index (χ4v) is 2.89. The number of hydrogen-bond donors (Lipinski definition) is 1. The third-order valence-electron chi connectivity index (χ3n) is 4.37. The van der Waals surface area contributed by atoms with E-state index in [9.17, 15) is 0 Å². The molecular weight excluding hydrogens is 248 g/mol. The van der Waals surface area contributed by atoms with Gasteiger partial charge in [-0.2, -0.15) is 0 Å². The van der Waals surface area contributed by atoms with Crippen molar-refractivity contribution in [2.75, 3.05) is 37.6 Å². The monoisotopic (exact) mass is 276 g/mol. The molecule has 4 nitrogen and oxygen atoms in total. The Morgan fingerprint density at radius 2 is 2.00 bits per heavy atom. The molecule has 4 heteroatoms. The summed E-state index contributed by atoms with van der Waals surface area (Å²) >= 11 is 0. The topological polar surface area (TPSA) is 45.4 Å². The number of rotatable bonds is 5. The van der Waals surface area contributed by atoms with Crippen LogP contribution in [-0.2, 0) is 6.42 Å². The van der Waals surface area contributed by atoms with Gasteiger partial charge in [-0.1, -0.05) is 13.0 Å². The molecule has 0 spiro atoms. The zero-order chi connectivity index (χ0) is 14.5. The lowest BCUT2D eigenvalue weighted by Crippen LogP contribution is -2.49. The van der Waals surface area contributed by atoms with Gasteiger partial charge in [-0.15, -0.1) is 0 Å². The Labute approximate surface area is 123 Å². The van der Waals surface area contributed by atoms with E-state index in [1.54, 1.807) is 0 Å². The van der Waals surface area contributed by atoms with Crippen LogP contribution in [0.1, 0.15) is 31.4 Å². The lowest BCUT2D eigenvalue weighted by Gasteiger charge is -2.38. The van der Waals surface area contributed by atoms with Gasteiger partial charge in [-0.05, 0) is 44.4 Å². The molecule has 1 aliphatic rings. The van der Waals surface area contributed by atoms with Gasteiger partial charge in [0.2, 0.25) is 0 Å². The molecule has 0 aliphatic carbocycles. The summed E-state index contributed by atoms with van der Waals surface area (Å²) in [6.07, 6.45) is 4.12. The average molecular weight is 276 g/mol. The Morgan fingerprint density at radius 3 is 2.55 bits per heavy atom. The largest absolute Gasteiger partial charge is 0.354 e. The highest BCUT2D eigenvalue weighted by atomic mass is 15.3. The first kappa shape index (κ1) is 15.3. The van der Waals surface area contributed by atoms with Gasteiger partial charge in [0.25, 0.3) is 0 Å². The van der Waals surface area contributed by atoms with Gasteiger partial charge in [0.1, 0.15) is 5.82 Å². The number of aromatic nitrogens is 1. The third kappa shape index (κ3) is 3.49. The number of hydrogen-bond acceptors (Lipinski definition) is 4. The van der Waals surface area contributed by atoms with Gasteiger partial charge in [-0.25, -0.2) is 4.98 Å². The van der Waals surface area contributed by atoms with Crippen LogP contribution in [-0.4, -0.2) is 48.6 Å². The van der Waals surface area contributed by atoms with Crippen molar-refractivity contribution in [1.29, 1.82) is 0 Å². The van der Waals surface area contributed by atoms with Crippen LogP contribution < -0.4 is 10.6 Å². The molecule has 1 fully saturated rings. The molecule has 112 valence electrons. The molecule has 1 atom stereocenters. The van der Waals surface area contributed by atoms with E-state index in [1.165, 1.54) is 17.5 Å². The van der Waals surface area contributed by atoms with Crippen molar-refractivity contribution in [2.45, 2.75) is 39.7 Å². The number of nitrogens with zero attached hydrogens (tertiary/aromatic N) is 3. The highest BCUT2D eigenvalue weighted by Gasteiger charge is 2.21. The predicted molar refractivity (Wildman–Crippen MR) is 85.3 cm³/mol. The fraction of sp³-hybridized carbons (Fsp3) is 0.688. The molecule has 0 aromatic carbocycles. The highest BCUT2D eigenvalue weighted by molar-refractivity contribution is 5.47. The van der Waals surface area contributed by atoms with Crippen molar-refractivity contribution in [3.05, 3.63) is 23.4 Å². The quantitative estimate of drug-likeness (QED) is 0.891. The highest BCUT2D eigenvalue weighted by Crippen LogP contribution is 2.20. The number of pyridine rings is 1. The third-order valence-corrected chi connectivity index (χ3v) is 4.37. The molecule has 2 heterocycles. The summed E-state index contributed by atoms with van der Waals surface area (Å²) < 4.78 is 0. The molecule has 0 saturated carbocycles. The molecule has 20 heavy (non-hydrogen) atoms. The first-order valence-electron chi connectivity index (χ1n) is 7.80. The summed E-state index contributed by atoms with van der Waals surface area (Å²) in [6, 6.07) is 2.93. The van der Waals surface area contributed by atoms with E-state index in [4.69, 9.17) is 5.73 Å². The molecule has 1 aliphatic heterocycles. The van der Waals surface area contributed by atoms with Gasteiger partial charge in [0, 0.05) is 38.4 Å². The van der Waals surface area contributed by atoms with Crippen LogP contribution >= 0.6 is 0 Å². The second-order valence-corrected chi connectivity index (χ2v) is 5.80. The van der Waals surface area contributed by atoms with Crippen LogP contribution in [0.25, 0.3) is 0 Å². The summed E-state index contributed by atoms with van der Waals surface area (Å²) in [7, 11) is 0. The molecular formula is C16H28N4. The zero-order valence-corrected chi connectivity index (χ0v) is 13.1. The minimum absolute atomic E-state index is 0.689. The maximum atomic E-state index is 5.60. The van der Waals surface area contributed by atoms with Crippen LogP contribution in [0.5, 0.6) is 0 Å². The van der Waals surface area contributed by atoms with Gasteiger partial charge in [-0.3, -0.25) is 4.90 Å². The molecule has 2 N–H and O–H groups in total. The first-order valence-corrected chi connectivity index (χ1v) is 7.80. The molecule has 0 radical (unpaired) electrons. The Kier molecular flexibility index (Phi) is 5.38. The maximum absolute atomic E-state index is 5.60. The van der Waals surface area contributed by atoms with Crippen LogP contribution in [0, 0.1) is 6.92 Å². The van der Waals surface area contributed by atoms with E-state index in [2.05, 4.69) is 41.6 Å². The van der Waals surface area contributed by atoms with Crippen molar-refractivity contribution in [3.63, 3.8) is 0 Å². The summed E-state index contributed by atoms with van der Waals surface area (Å²) in [6.45, 7) is 11.9. The predicted octanol–water partition coefficient (Wildman–Crippen LogP) is 1.81. The van der Waals surface area contributed by atoms with Gasteiger partial charge in [0.05, 0.1) is 0 Å². The van der Waals surface area contributed by atoms with Gasteiger partial charge >= 0.3 is 0 Å². The summed E-state index contributed by atoms with van der Waals surface area (Å²) in [4.78, 5) is 9.66. The van der Waals surface area contributed by atoms with Crippen LogP contribution in [0.2, 0.25) is 0 Å². The van der Waals surface area contributed by atoms with Gasteiger partial charge in [0.15, 0.2) is 0 Å². The average Bonchev–Trinajstić information content (AvgIpc) is 2.47. The molecule has 1 aromatic rings. The summed E-state index contributed by atoms with van der Waals surface area (Å²) in [5.74, 6) is 1.15. The Balaban J connectivity index is 2.00. The second-order valence-electron chi connectivity index (χ2n) is 5.80. The first-order chi connectivity index (χ1) is 9.65. The minimum Gasteiger partial charge on any atom is -0.354 e. The molecule has 2 rings (SSSR count). The zero-order valence-electron chi connectivity index (χ0n) is 13.1. The van der Waals surface area contributed by atoms with Crippen molar-refractivity contribution in [3.8, 4) is 0 Å². The molecule has 1 unspecified atom stereocenters. The van der Waals surface area contributed by atoms with E-state index in [0.29, 0.717) is 12.6 Å². The molecule has 0 bridgehead atoms. The number of anilines is 1. The molecule has 1 saturated heterocycles. The SMILES string of the molecule is CCC(C)N1CCN(c2ncc(CCN)cc2C)CC1. The summed E-state index contributed by atoms with van der Waals surface area (Å²) in [5, 5.41) is 0. The normalized spacial score (nSPS) is 18.3. The van der Waals surface area contributed by atoms with E-state index in [0.717, 1.165) is 38.4 Å². The van der Waals surface area contributed by atoms with Crippen molar-refractivity contribution in [2.24, 2.45) is 5.73 Å². The van der Waals surface area contributed by atoms with Crippen LogP contribution in [0.4, 0.5) is 5.82 Å². The summed E-state index contributed by atoms with van der Waals surface area (Å²) in [5.41, 5.74) is 8.12. The lowest BCUT2D eigenvalue weighted by molar-refractivity contribution is 0.192. The molecule has 1 aromatic heterocycles. The Morgan fingerprint density at radius 1 is 1.30 bits per heavy atom. The van der Waals surface area contributed by atoms with Crippen molar-refractivity contribution >= 4 is 5.82 Å². The number of nitrogens with two attached hydrogens (primary N) is 1. The second kappa shape index (κ2) is 7.04. The van der Waals surface area contributed by atoms with Crippen molar-refractivity contribution in [1.82, 2.24) is 9.88 Å². The van der Waals surface area contributed by atoms with Crippen molar-refractivity contribution < 1.29 is 0 Å². The van der Waals surface area contributed by atoms with E-state index in [-0.39, 0.29) is 0 Å². The number of aryl methyl sites for hydroxylation is 1. The standard InChI is InChI=1S/C16H28N4/c1-4-14(3)19-7-9-20(10-8-19)16-13(2)11-15(5-6-17)12-18-16/h11-12,14H,4-10,17H2,1-3H3. The van der Waals surface area contributed by atoms with E-state index in [1.807, 2.05) is 6.20 Å². The Hall–Kier alpha value is -1.13. The maximum Gasteiger partial charge on any atom is 0.131 e. The van der Waals surface area contributed by atoms with E-state index < -0.39 is 0 Å².